The van der Waals surface area contributed by atoms with Gasteiger partial charge >= 0.3 is 0 Å². The van der Waals surface area contributed by atoms with Gasteiger partial charge in [-0.3, -0.25) is 4.79 Å². The van der Waals surface area contributed by atoms with Gasteiger partial charge in [-0.05, 0) is 41.7 Å². The van der Waals surface area contributed by atoms with Crippen molar-refractivity contribution >= 4 is 22.5 Å². The number of carbonyl (C=O) groups excluding carboxylic acids is 1. The number of nitrogens with one attached hydrogen (secondary N) is 3. The Morgan fingerprint density at radius 3 is 2.73 bits per heavy atom. The van der Waals surface area contributed by atoms with Gasteiger partial charge in [0.05, 0.1) is 12.2 Å². The number of ether oxygens (including phenoxy) is 1. The molecule has 2 unspecified atom stereocenters. The van der Waals surface area contributed by atoms with Crippen molar-refractivity contribution in [3.05, 3.63) is 107 Å². The molecule has 0 saturated heterocycles. The number of H-pyrrole nitrogens is 1. The molecule has 9 rings (SSSR count). The number of carbonyl (C=O) groups is 1. The molecule has 1 amide bonds. The second-order valence-corrected chi connectivity index (χ2v) is 12.4. The molecule has 6 heterocycles. The van der Waals surface area contributed by atoms with Crippen LogP contribution in [0.25, 0.3) is 33.8 Å². The second-order valence-electron chi connectivity index (χ2n) is 12.4. The Morgan fingerprint density at radius 2 is 1.84 bits per heavy atom. The molecule has 3 aliphatic heterocycles. The lowest BCUT2D eigenvalue weighted by molar-refractivity contribution is -0.123. The van der Waals surface area contributed by atoms with E-state index < -0.39 is 23.7 Å². The van der Waals surface area contributed by atoms with E-state index >= 15 is 0 Å². The molecule has 4 atom stereocenters. The summed E-state index contributed by atoms with van der Waals surface area (Å²) in [5.41, 5.74) is 11.6. The predicted molar refractivity (Wildman–Crippen MR) is 167 cm³/mol. The van der Waals surface area contributed by atoms with Gasteiger partial charge in [0.1, 0.15) is 17.2 Å². The highest BCUT2D eigenvalue weighted by atomic mass is 16.5. The van der Waals surface area contributed by atoms with Crippen molar-refractivity contribution in [1.29, 1.82) is 0 Å². The maximum atomic E-state index is 13.4. The number of anilines is 1. The van der Waals surface area contributed by atoms with Gasteiger partial charge in [-0.2, -0.15) is 0 Å². The maximum absolute atomic E-state index is 13.4. The van der Waals surface area contributed by atoms with Crippen LogP contribution in [0.1, 0.15) is 48.2 Å². The molecule has 10 heteroatoms. The van der Waals surface area contributed by atoms with E-state index in [-0.39, 0.29) is 11.8 Å². The van der Waals surface area contributed by atoms with Crippen LogP contribution in [0.4, 0.5) is 5.69 Å². The van der Waals surface area contributed by atoms with E-state index in [0.29, 0.717) is 35.4 Å². The fourth-order valence-corrected chi connectivity index (χ4v) is 7.14. The van der Waals surface area contributed by atoms with E-state index in [4.69, 9.17) is 29.3 Å². The second kappa shape index (κ2) is 9.33. The summed E-state index contributed by atoms with van der Waals surface area (Å²) in [7, 11) is 0. The minimum atomic E-state index is -0.924. The van der Waals surface area contributed by atoms with Crippen molar-refractivity contribution < 1.29 is 18.4 Å². The number of hydrogen-bond donors (Lipinski definition) is 4. The Labute approximate surface area is 258 Å². The normalized spacial score (nSPS) is 23.1. The first-order chi connectivity index (χ1) is 21.9. The number of aromatic nitrogens is 3. The molecule has 0 radical (unpaired) electrons. The first-order valence-corrected chi connectivity index (χ1v) is 15.2. The number of para-hydroxylation sites is 2. The molecular formula is C35H30N6O4. The van der Waals surface area contributed by atoms with Crippen LogP contribution in [0.5, 0.6) is 5.75 Å². The summed E-state index contributed by atoms with van der Waals surface area (Å²) in [4.78, 5) is 26.5. The summed E-state index contributed by atoms with van der Waals surface area (Å²) in [6.45, 7) is 4.03. The molecule has 224 valence electrons. The third kappa shape index (κ3) is 3.63. The first kappa shape index (κ1) is 26.1. The Balaban J connectivity index is 1.32. The highest BCUT2D eigenvalue weighted by molar-refractivity contribution is 5.94. The molecular weight excluding hydrogens is 568 g/mol. The van der Waals surface area contributed by atoms with Gasteiger partial charge in [0, 0.05) is 33.9 Å². The maximum Gasteiger partial charge on any atom is 0.249 e. The molecule has 1 spiro atoms. The van der Waals surface area contributed by atoms with Crippen LogP contribution in [0.3, 0.4) is 0 Å². The molecule has 6 aromatic rings. The fourth-order valence-electron chi connectivity index (χ4n) is 7.14. The lowest BCUT2D eigenvalue weighted by atomic mass is 9.72. The molecule has 4 bridgehead atoms. The number of amides is 1. The van der Waals surface area contributed by atoms with Crippen molar-refractivity contribution in [3.8, 4) is 28.7 Å². The van der Waals surface area contributed by atoms with Gasteiger partial charge in [0.2, 0.25) is 17.7 Å². The number of rotatable bonds is 3. The van der Waals surface area contributed by atoms with E-state index in [0.717, 1.165) is 44.6 Å². The number of nitrogens with zero attached hydrogens (tertiary/aromatic N) is 2. The van der Waals surface area contributed by atoms with Gasteiger partial charge < -0.3 is 34.9 Å². The Kier molecular flexibility index (Phi) is 5.41. The number of hydrogen-bond acceptors (Lipinski definition) is 8. The largest absolute Gasteiger partial charge is 0.469 e. The Bertz CT molecular complexity index is 2140. The van der Waals surface area contributed by atoms with Crippen LogP contribution < -0.4 is 21.1 Å². The lowest BCUT2D eigenvalue weighted by Gasteiger charge is -2.28. The molecule has 3 aromatic heterocycles. The first-order valence-electron chi connectivity index (χ1n) is 15.2. The smallest absolute Gasteiger partial charge is 0.249 e. The number of aromatic amines is 1. The summed E-state index contributed by atoms with van der Waals surface area (Å²) in [5, 5.41) is 7.73. The van der Waals surface area contributed by atoms with E-state index in [1.54, 1.807) is 6.20 Å². The molecule has 5 N–H and O–H groups in total. The van der Waals surface area contributed by atoms with Gasteiger partial charge in [0.15, 0.2) is 23.4 Å². The van der Waals surface area contributed by atoms with Crippen LogP contribution in [-0.2, 0) is 16.6 Å². The molecule has 3 aliphatic rings. The van der Waals surface area contributed by atoms with Crippen molar-refractivity contribution in [1.82, 2.24) is 20.3 Å². The third-order valence-electron chi connectivity index (χ3n) is 9.33. The molecule has 10 nitrogen and oxygen atoms in total. The zero-order valence-corrected chi connectivity index (χ0v) is 24.6. The van der Waals surface area contributed by atoms with Crippen LogP contribution in [0, 0.1) is 5.92 Å². The van der Waals surface area contributed by atoms with Crippen LogP contribution in [0.15, 0.2) is 88.0 Å². The quantitative estimate of drug-likeness (QED) is 0.205. The highest BCUT2D eigenvalue weighted by Crippen LogP contribution is 2.59. The van der Waals surface area contributed by atoms with Crippen LogP contribution in [-0.4, -0.2) is 33.1 Å². The average Bonchev–Trinajstić information content (AvgIpc) is 3.85. The Hall–Kier alpha value is -5.35. The van der Waals surface area contributed by atoms with Gasteiger partial charge in [-0.1, -0.05) is 62.4 Å². The SMILES string of the molecule is CC(C)[C@@H]1NC(=O)[C@@H](N)Cc2ccc3c(c2)C2(c4ccccc4NC2O3)c2oc1nc2-c1ncc(-c2c[nH]c3ccccc23)o1. The zero-order valence-electron chi connectivity index (χ0n) is 24.6. The third-order valence-corrected chi connectivity index (χ3v) is 9.33. The minimum absolute atomic E-state index is 0.0507. The monoisotopic (exact) mass is 598 g/mol. The Morgan fingerprint density at radius 1 is 1.00 bits per heavy atom. The van der Waals surface area contributed by atoms with E-state index in [2.05, 4.69) is 27.8 Å². The van der Waals surface area contributed by atoms with Crippen molar-refractivity contribution in [3.63, 3.8) is 0 Å². The highest BCUT2D eigenvalue weighted by Gasteiger charge is 2.61. The van der Waals surface area contributed by atoms with Gasteiger partial charge in [0.25, 0.3) is 0 Å². The summed E-state index contributed by atoms with van der Waals surface area (Å²) in [6.07, 6.45) is 3.48. The minimum Gasteiger partial charge on any atom is -0.469 e. The van der Waals surface area contributed by atoms with Crippen LogP contribution >= 0.6 is 0 Å². The number of oxazole rings is 2. The summed E-state index contributed by atoms with van der Waals surface area (Å²) >= 11 is 0. The summed E-state index contributed by atoms with van der Waals surface area (Å²) < 4.78 is 20.0. The lowest BCUT2D eigenvalue weighted by Crippen LogP contribution is -2.45. The predicted octanol–water partition coefficient (Wildman–Crippen LogP) is 5.65. The molecule has 3 aromatic carbocycles. The van der Waals surface area contributed by atoms with Crippen LogP contribution in [0.2, 0.25) is 0 Å². The van der Waals surface area contributed by atoms with E-state index in [9.17, 15) is 4.79 Å². The summed E-state index contributed by atoms with van der Waals surface area (Å²) in [5.74, 6) is 2.19. The average molecular weight is 599 g/mol. The fraction of sp³-hybridized carbons (Fsp3) is 0.229. The van der Waals surface area contributed by atoms with Crippen molar-refractivity contribution in [2.24, 2.45) is 11.7 Å². The molecule has 0 fully saturated rings. The van der Waals surface area contributed by atoms with Crippen molar-refractivity contribution in [2.75, 3.05) is 5.32 Å². The van der Waals surface area contributed by atoms with Gasteiger partial charge in [-0.15, -0.1) is 0 Å². The molecule has 0 aliphatic carbocycles. The standard InChI is InChI=1S/C35H30N6O4/c1-17(2)28-33-41-29(32-38-16-27(43-32)20-15-37-24-9-5-3-7-19(20)24)30(45-33)35-21-8-4-6-10-25(21)39-34(35)44-26-12-11-18(13-22(26)35)14-23(36)31(42)40-28/h3-13,15-17,23,28,34,37,39H,14,36H2,1-2H3,(H,40,42)/t23-,28-,34?,35?/m0/s1. The molecule has 45 heavy (non-hydrogen) atoms. The topological polar surface area (TPSA) is 144 Å². The van der Waals surface area contributed by atoms with Gasteiger partial charge in [-0.25, -0.2) is 9.97 Å². The number of fused-ring (bicyclic) bond motifs is 5. The van der Waals surface area contributed by atoms with E-state index in [1.165, 1.54) is 0 Å². The number of nitrogens with two attached hydrogens (primary N) is 1. The zero-order chi connectivity index (χ0) is 30.4. The van der Waals surface area contributed by atoms with E-state index in [1.807, 2.05) is 74.6 Å². The number of benzene rings is 3. The summed E-state index contributed by atoms with van der Waals surface area (Å²) in [6, 6.07) is 20.9. The van der Waals surface area contributed by atoms with Crippen molar-refractivity contribution in [2.45, 2.75) is 44.0 Å². The molecule has 0 saturated carbocycles.